The SMILES string of the molecule is CCCCCCCCCCCCCCCCOc1ccc(-c2nc(C)sc2C)cc1. The highest BCUT2D eigenvalue weighted by Crippen LogP contribution is 2.28. The van der Waals surface area contributed by atoms with Crippen LogP contribution in [0.25, 0.3) is 11.3 Å². The van der Waals surface area contributed by atoms with Gasteiger partial charge in [-0.3, -0.25) is 0 Å². The second-order valence-corrected chi connectivity index (χ2v) is 10.0. The van der Waals surface area contributed by atoms with Gasteiger partial charge in [0.05, 0.1) is 17.3 Å². The number of benzene rings is 1. The molecule has 168 valence electrons. The smallest absolute Gasteiger partial charge is 0.119 e. The summed E-state index contributed by atoms with van der Waals surface area (Å²) in [6.07, 6.45) is 19.5. The van der Waals surface area contributed by atoms with Crippen molar-refractivity contribution >= 4 is 11.3 Å². The van der Waals surface area contributed by atoms with E-state index in [-0.39, 0.29) is 0 Å². The highest BCUT2D eigenvalue weighted by Gasteiger charge is 2.07. The molecule has 2 rings (SSSR count). The van der Waals surface area contributed by atoms with Crippen LogP contribution in [0.2, 0.25) is 0 Å². The molecule has 2 nitrogen and oxygen atoms in total. The maximum atomic E-state index is 5.92. The first-order valence-electron chi connectivity index (χ1n) is 12.4. The van der Waals surface area contributed by atoms with Gasteiger partial charge in [0.15, 0.2) is 0 Å². The molecule has 0 fully saturated rings. The Morgan fingerprint density at radius 3 is 1.67 bits per heavy atom. The third kappa shape index (κ3) is 10.1. The molecule has 0 aliphatic heterocycles. The van der Waals surface area contributed by atoms with Gasteiger partial charge in [-0.2, -0.15) is 0 Å². The summed E-state index contributed by atoms with van der Waals surface area (Å²) in [5, 5.41) is 1.13. The molecule has 3 heteroatoms. The molecule has 0 spiro atoms. The Morgan fingerprint density at radius 1 is 0.700 bits per heavy atom. The van der Waals surface area contributed by atoms with Crippen molar-refractivity contribution in [1.29, 1.82) is 0 Å². The summed E-state index contributed by atoms with van der Waals surface area (Å²) >= 11 is 1.76. The van der Waals surface area contributed by atoms with Gasteiger partial charge in [0, 0.05) is 10.4 Å². The lowest BCUT2D eigenvalue weighted by atomic mass is 10.0. The molecule has 2 aromatic rings. The van der Waals surface area contributed by atoms with Crippen LogP contribution in [0, 0.1) is 13.8 Å². The van der Waals surface area contributed by atoms with Crippen LogP contribution in [0.3, 0.4) is 0 Å². The zero-order valence-corrected chi connectivity index (χ0v) is 20.5. The van der Waals surface area contributed by atoms with Crippen molar-refractivity contribution in [1.82, 2.24) is 4.98 Å². The van der Waals surface area contributed by atoms with Crippen molar-refractivity contribution < 1.29 is 4.74 Å². The second-order valence-electron chi connectivity index (χ2n) is 8.61. The van der Waals surface area contributed by atoms with E-state index in [0.717, 1.165) is 29.5 Å². The van der Waals surface area contributed by atoms with Crippen molar-refractivity contribution in [2.75, 3.05) is 6.61 Å². The average molecular weight is 430 g/mol. The minimum Gasteiger partial charge on any atom is -0.494 e. The molecule has 0 amide bonds. The van der Waals surface area contributed by atoms with Crippen LogP contribution in [0.5, 0.6) is 5.75 Å². The van der Waals surface area contributed by atoms with Gasteiger partial charge in [0.25, 0.3) is 0 Å². The normalized spacial score (nSPS) is 11.2. The molecule has 0 N–H and O–H groups in total. The summed E-state index contributed by atoms with van der Waals surface area (Å²) in [5.41, 5.74) is 2.29. The van der Waals surface area contributed by atoms with Crippen LogP contribution in [-0.4, -0.2) is 11.6 Å². The average Bonchev–Trinajstić information content (AvgIpc) is 3.09. The maximum Gasteiger partial charge on any atom is 0.119 e. The third-order valence-electron chi connectivity index (χ3n) is 5.80. The summed E-state index contributed by atoms with van der Waals surface area (Å²) in [7, 11) is 0. The zero-order valence-electron chi connectivity index (χ0n) is 19.7. The molecule has 1 aromatic heterocycles. The van der Waals surface area contributed by atoms with Crippen molar-refractivity contribution in [3.8, 4) is 17.0 Å². The molecule has 0 aliphatic carbocycles. The number of thiazole rings is 1. The lowest BCUT2D eigenvalue weighted by Crippen LogP contribution is -1.97. The fourth-order valence-electron chi connectivity index (χ4n) is 3.99. The molecular weight excluding hydrogens is 386 g/mol. The number of unbranched alkanes of at least 4 members (excludes halogenated alkanes) is 13. The van der Waals surface area contributed by atoms with E-state index in [4.69, 9.17) is 4.74 Å². The van der Waals surface area contributed by atoms with Gasteiger partial charge in [-0.1, -0.05) is 90.4 Å². The van der Waals surface area contributed by atoms with E-state index >= 15 is 0 Å². The van der Waals surface area contributed by atoms with Crippen LogP contribution in [-0.2, 0) is 0 Å². The molecular formula is C27H43NOS. The Kier molecular flexibility index (Phi) is 12.8. The summed E-state index contributed by atoms with van der Waals surface area (Å²) in [5.74, 6) is 0.970. The Morgan fingerprint density at radius 2 is 1.20 bits per heavy atom. The number of rotatable bonds is 17. The van der Waals surface area contributed by atoms with E-state index in [1.807, 2.05) is 0 Å². The minimum absolute atomic E-state index is 0.826. The third-order valence-corrected chi connectivity index (χ3v) is 6.68. The van der Waals surface area contributed by atoms with E-state index in [1.54, 1.807) is 11.3 Å². The summed E-state index contributed by atoms with van der Waals surface area (Å²) in [4.78, 5) is 5.91. The molecule has 0 saturated heterocycles. The number of ether oxygens (including phenoxy) is 1. The molecule has 1 aromatic carbocycles. The van der Waals surface area contributed by atoms with Crippen LogP contribution in [0.1, 0.15) is 107 Å². The van der Waals surface area contributed by atoms with E-state index in [9.17, 15) is 0 Å². The van der Waals surface area contributed by atoms with Crippen molar-refractivity contribution in [2.45, 2.75) is 111 Å². The predicted octanol–water partition coefficient (Wildman–Crippen LogP) is 9.29. The number of hydrogen-bond donors (Lipinski definition) is 0. The monoisotopic (exact) mass is 429 g/mol. The lowest BCUT2D eigenvalue weighted by Gasteiger charge is -2.07. The van der Waals surface area contributed by atoms with Crippen molar-refractivity contribution in [3.63, 3.8) is 0 Å². The summed E-state index contributed by atoms with van der Waals surface area (Å²) in [6.45, 7) is 7.32. The number of nitrogens with zero attached hydrogens (tertiary/aromatic N) is 1. The van der Waals surface area contributed by atoms with Crippen LogP contribution in [0.4, 0.5) is 0 Å². The van der Waals surface area contributed by atoms with Gasteiger partial charge in [-0.05, 0) is 44.5 Å². The molecule has 0 atom stereocenters. The number of aromatic nitrogens is 1. The standard InChI is InChI=1S/C27H43NOS/c1-4-5-6-7-8-9-10-11-12-13-14-15-16-17-22-29-26-20-18-25(19-21-26)27-23(2)30-24(3)28-27/h18-21H,4-17,22H2,1-3H3. The van der Waals surface area contributed by atoms with E-state index in [0.29, 0.717) is 0 Å². The van der Waals surface area contributed by atoms with Gasteiger partial charge in [-0.25, -0.2) is 4.98 Å². The number of hydrogen-bond acceptors (Lipinski definition) is 3. The molecule has 0 aliphatic rings. The van der Waals surface area contributed by atoms with Crippen LogP contribution in [0.15, 0.2) is 24.3 Å². The first kappa shape index (κ1) is 24.9. The van der Waals surface area contributed by atoms with E-state index < -0.39 is 0 Å². The Labute approximate surface area is 189 Å². The Hall–Kier alpha value is -1.35. The van der Waals surface area contributed by atoms with Crippen LogP contribution < -0.4 is 4.74 Å². The first-order valence-corrected chi connectivity index (χ1v) is 13.2. The summed E-state index contributed by atoms with van der Waals surface area (Å²) < 4.78 is 5.92. The topological polar surface area (TPSA) is 22.1 Å². The second kappa shape index (κ2) is 15.5. The molecule has 0 bridgehead atoms. The Bertz CT molecular complexity index is 677. The number of aryl methyl sites for hydroxylation is 2. The van der Waals surface area contributed by atoms with Crippen LogP contribution >= 0.6 is 11.3 Å². The maximum absolute atomic E-state index is 5.92. The quantitative estimate of drug-likeness (QED) is 0.234. The summed E-state index contributed by atoms with van der Waals surface area (Å²) in [6, 6.07) is 8.41. The van der Waals surface area contributed by atoms with Gasteiger partial charge >= 0.3 is 0 Å². The fraction of sp³-hybridized carbons (Fsp3) is 0.667. The molecule has 1 heterocycles. The predicted molar refractivity (Wildman–Crippen MR) is 133 cm³/mol. The van der Waals surface area contributed by atoms with Crippen molar-refractivity contribution in [3.05, 3.63) is 34.2 Å². The molecule has 0 radical (unpaired) electrons. The first-order chi connectivity index (χ1) is 14.7. The minimum atomic E-state index is 0.826. The van der Waals surface area contributed by atoms with E-state index in [1.165, 1.54) is 93.9 Å². The van der Waals surface area contributed by atoms with Gasteiger partial charge in [0.1, 0.15) is 5.75 Å². The lowest BCUT2D eigenvalue weighted by molar-refractivity contribution is 0.304. The van der Waals surface area contributed by atoms with Gasteiger partial charge in [-0.15, -0.1) is 11.3 Å². The highest BCUT2D eigenvalue weighted by atomic mass is 32.1. The largest absolute Gasteiger partial charge is 0.494 e. The molecule has 0 unspecified atom stereocenters. The van der Waals surface area contributed by atoms with E-state index in [2.05, 4.69) is 50.0 Å². The highest BCUT2D eigenvalue weighted by molar-refractivity contribution is 7.11. The Balaban J connectivity index is 1.42. The molecule has 0 saturated carbocycles. The van der Waals surface area contributed by atoms with Gasteiger partial charge < -0.3 is 4.74 Å². The fourth-order valence-corrected chi connectivity index (χ4v) is 4.83. The zero-order chi connectivity index (χ0) is 21.4. The molecule has 30 heavy (non-hydrogen) atoms. The van der Waals surface area contributed by atoms with Gasteiger partial charge in [0.2, 0.25) is 0 Å². The van der Waals surface area contributed by atoms with Crippen molar-refractivity contribution in [2.24, 2.45) is 0 Å².